The number of anilines is 2. The lowest BCUT2D eigenvalue weighted by atomic mass is 10.1. The van der Waals surface area contributed by atoms with E-state index >= 15 is 0 Å². The summed E-state index contributed by atoms with van der Waals surface area (Å²) in [6.45, 7) is 6.21. The molecular formula is C20H25N3OS. The summed E-state index contributed by atoms with van der Waals surface area (Å²) < 4.78 is 0. The highest BCUT2D eigenvalue weighted by Crippen LogP contribution is 2.17. The van der Waals surface area contributed by atoms with Crippen molar-refractivity contribution in [3.8, 4) is 0 Å². The van der Waals surface area contributed by atoms with Gasteiger partial charge in [-0.3, -0.25) is 4.79 Å². The second-order valence-corrected chi connectivity index (χ2v) is 6.12. The molecule has 25 heavy (non-hydrogen) atoms. The van der Waals surface area contributed by atoms with E-state index in [-0.39, 0.29) is 5.91 Å². The summed E-state index contributed by atoms with van der Waals surface area (Å²) in [7, 11) is 0. The molecule has 2 aromatic carbocycles. The molecule has 0 bridgehead atoms. The van der Waals surface area contributed by atoms with Gasteiger partial charge in [-0.25, -0.2) is 0 Å². The molecule has 4 nitrogen and oxygen atoms in total. The van der Waals surface area contributed by atoms with E-state index in [4.69, 9.17) is 12.2 Å². The molecule has 0 fully saturated rings. The van der Waals surface area contributed by atoms with Gasteiger partial charge >= 0.3 is 0 Å². The highest BCUT2D eigenvalue weighted by Gasteiger charge is 2.06. The van der Waals surface area contributed by atoms with Crippen LogP contribution in [0.15, 0.2) is 54.6 Å². The number of nitrogens with zero attached hydrogens (tertiary/aromatic N) is 1. The van der Waals surface area contributed by atoms with E-state index in [1.54, 1.807) is 0 Å². The summed E-state index contributed by atoms with van der Waals surface area (Å²) in [5.74, 6) is -0.0823. The highest BCUT2D eigenvalue weighted by molar-refractivity contribution is 7.80. The molecule has 0 spiro atoms. The van der Waals surface area contributed by atoms with Crippen molar-refractivity contribution in [1.82, 2.24) is 5.32 Å². The van der Waals surface area contributed by atoms with Crippen LogP contribution in [0.4, 0.5) is 11.4 Å². The lowest BCUT2D eigenvalue weighted by Crippen LogP contribution is -2.34. The molecular weight excluding hydrogens is 330 g/mol. The predicted molar refractivity (Wildman–Crippen MR) is 109 cm³/mol. The van der Waals surface area contributed by atoms with Gasteiger partial charge in [0.1, 0.15) is 0 Å². The minimum absolute atomic E-state index is 0.0823. The van der Waals surface area contributed by atoms with Gasteiger partial charge in [-0.15, -0.1) is 0 Å². The molecule has 0 saturated carbocycles. The Morgan fingerprint density at radius 1 is 1.00 bits per heavy atom. The zero-order chi connectivity index (χ0) is 18.1. The number of rotatable bonds is 7. The van der Waals surface area contributed by atoms with Crippen LogP contribution in [0.3, 0.4) is 0 Å². The third-order valence-corrected chi connectivity index (χ3v) is 4.19. The fourth-order valence-corrected chi connectivity index (χ4v) is 2.83. The molecule has 0 unspecified atom stereocenters. The van der Waals surface area contributed by atoms with Crippen LogP contribution in [0, 0.1) is 0 Å². The van der Waals surface area contributed by atoms with E-state index < -0.39 is 0 Å². The van der Waals surface area contributed by atoms with E-state index in [0.717, 1.165) is 24.3 Å². The number of thiocarbonyl (C=S) groups is 1. The summed E-state index contributed by atoms with van der Waals surface area (Å²) in [5, 5.41) is 6.11. The maximum atomic E-state index is 12.0. The van der Waals surface area contributed by atoms with Crippen LogP contribution in [0.1, 0.15) is 25.8 Å². The molecule has 0 atom stereocenters. The lowest BCUT2D eigenvalue weighted by Gasteiger charge is -2.21. The molecule has 1 amide bonds. The van der Waals surface area contributed by atoms with E-state index in [1.807, 2.05) is 42.5 Å². The van der Waals surface area contributed by atoms with E-state index in [9.17, 15) is 4.79 Å². The van der Waals surface area contributed by atoms with Crippen LogP contribution in [-0.2, 0) is 11.2 Å². The molecule has 0 aliphatic heterocycles. The first-order valence-electron chi connectivity index (χ1n) is 8.62. The largest absolute Gasteiger partial charge is 0.372 e. The monoisotopic (exact) mass is 355 g/mol. The summed E-state index contributed by atoms with van der Waals surface area (Å²) in [5.41, 5.74) is 3.18. The van der Waals surface area contributed by atoms with Gasteiger partial charge in [0, 0.05) is 30.9 Å². The van der Waals surface area contributed by atoms with Crippen LogP contribution in [0.2, 0.25) is 0 Å². The molecule has 5 heteroatoms. The summed E-state index contributed by atoms with van der Waals surface area (Å²) >= 11 is 5.22. The molecule has 0 saturated heterocycles. The number of aryl methyl sites for hydroxylation is 1. The standard InChI is InChI=1S/C20H25N3OS/c1-3-23(4-2)18-13-11-17(12-14-18)21-20(25)22-19(24)15-10-16-8-6-5-7-9-16/h5-9,11-14H,3-4,10,15H2,1-2H3,(H2,21,22,24,25). The Hall–Kier alpha value is -2.40. The normalized spacial score (nSPS) is 10.2. The number of hydrogen-bond donors (Lipinski definition) is 2. The zero-order valence-corrected chi connectivity index (χ0v) is 15.6. The second kappa shape index (κ2) is 9.79. The second-order valence-electron chi connectivity index (χ2n) is 5.71. The van der Waals surface area contributed by atoms with E-state index in [2.05, 4.69) is 41.5 Å². The number of benzene rings is 2. The molecule has 2 N–H and O–H groups in total. The maximum absolute atomic E-state index is 12.0. The molecule has 132 valence electrons. The Kier molecular flexibility index (Phi) is 7.41. The van der Waals surface area contributed by atoms with Crippen LogP contribution in [0.5, 0.6) is 0 Å². The van der Waals surface area contributed by atoms with Gasteiger partial charge in [-0.2, -0.15) is 0 Å². The number of amides is 1. The Bertz CT molecular complexity index is 682. The predicted octanol–water partition coefficient (Wildman–Crippen LogP) is 3.98. The van der Waals surface area contributed by atoms with Crippen molar-refractivity contribution in [2.24, 2.45) is 0 Å². The van der Waals surface area contributed by atoms with Crippen molar-refractivity contribution >= 4 is 34.6 Å². The van der Waals surface area contributed by atoms with E-state index in [0.29, 0.717) is 18.0 Å². The summed E-state index contributed by atoms with van der Waals surface area (Å²) in [6, 6.07) is 18.0. The summed E-state index contributed by atoms with van der Waals surface area (Å²) in [4.78, 5) is 14.3. The third kappa shape index (κ3) is 6.19. The van der Waals surface area contributed by atoms with Crippen LogP contribution in [-0.4, -0.2) is 24.1 Å². The van der Waals surface area contributed by atoms with Crippen molar-refractivity contribution < 1.29 is 4.79 Å². The molecule has 0 heterocycles. The van der Waals surface area contributed by atoms with Crippen LogP contribution < -0.4 is 15.5 Å². The number of hydrogen-bond acceptors (Lipinski definition) is 3. The molecule has 0 aliphatic rings. The lowest BCUT2D eigenvalue weighted by molar-refractivity contribution is -0.119. The number of carbonyl (C=O) groups excluding carboxylic acids is 1. The number of nitrogens with one attached hydrogen (secondary N) is 2. The van der Waals surface area contributed by atoms with Crippen LogP contribution >= 0.6 is 12.2 Å². The average Bonchev–Trinajstić information content (AvgIpc) is 2.63. The van der Waals surface area contributed by atoms with Crippen molar-refractivity contribution in [2.45, 2.75) is 26.7 Å². The van der Waals surface area contributed by atoms with Crippen molar-refractivity contribution in [3.63, 3.8) is 0 Å². The summed E-state index contributed by atoms with van der Waals surface area (Å²) in [6.07, 6.45) is 1.11. The van der Waals surface area contributed by atoms with Gasteiger partial charge in [-0.05, 0) is 62.3 Å². The van der Waals surface area contributed by atoms with Gasteiger partial charge in [0.25, 0.3) is 0 Å². The van der Waals surface area contributed by atoms with Gasteiger partial charge in [0.15, 0.2) is 5.11 Å². The van der Waals surface area contributed by atoms with Gasteiger partial charge in [0.05, 0.1) is 0 Å². The number of carbonyl (C=O) groups is 1. The zero-order valence-electron chi connectivity index (χ0n) is 14.8. The van der Waals surface area contributed by atoms with Gasteiger partial charge < -0.3 is 15.5 Å². The SMILES string of the molecule is CCN(CC)c1ccc(NC(=S)NC(=O)CCc2ccccc2)cc1. The quantitative estimate of drug-likeness (QED) is 0.738. The minimum Gasteiger partial charge on any atom is -0.372 e. The first kappa shape index (κ1) is 18.9. The third-order valence-electron chi connectivity index (χ3n) is 3.99. The Labute approximate surface area is 155 Å². The Morgan fingerprint density at radius 2 is 1.64 bits per heavy atom. The van der Waals surface area contributed by atoms with E-state index in [1.165, 1.54) is 5.69 Å². The van der Waals surface area contributed by atoms with Gasteiger partial charge in [-0.1, -0.05) is 30.3 Å². The minimum atomic E-state index is -0.0823. The van der Waals surface area contributed by atoms with Crippen molar-refractivity contribution in [1.29, 1.82) is 0 Å². The molecule has 2 rings (SSSR count). The highest BCUT2D eigenvalue weighted by atomic mass is 32.1. The first-order chi connectivity index (χ1) is 12.1. The fraction of sp³-hybridized carbons (Fsp3) is 0.300. The molecule has 0 aliphatic carbocycles. The molecule has 0 radical (unpaired) electrons. The smallest absolute Gasteiger partial charge is 0.226 e. The maximum Gasteiger partial charge on any atom is 0.226 e. The average molecular weight is 356 g/mol. The Morgan fingerprint density at radius 3 is 2.24 bits per heavy atom. The van der Waals surface area contributed by atoms with Crippen molar-refractivity contribution in [2.75, 3.05) is 23.3 Å². The van der Waals surface area contributed by atoms with Crippen molar-refractivity contribution in [3.05, 3.63) is 60.2 Å². The van der Waals surface area contributed by atoms with Gasteiger partial charge in [0.2, 0.25) is 5.91 Å². The Balaban J connectivity index is 1.80. The molecule has 0 aromatic heterocycles. The molecule has 2 aromatic rings. The first-order valence-corrected chi connectivity index (χ1v) is 9.03. The fourth-order valence-electron chi connectivity index (χ4n) is 2.60. The van der Waals surface area contributed by atoms with Crippen LogP contribution in [0.25, 0.3) is 0 Å². The topological polar surface area (TPSA) is 44.4 Å².